The lowest BCUT2D eigenvalue weighted by Crippen LogP contribution is -2.37. The van der Waals surface area contributed by atoms with Crippen LogP contribution < -0.4 is 9.47 Å². The summed E-state index contributed by atoms with van der Waals surface area (Å²) in [7, 11) is 0. The van der Waals surface area contributed by atoms with Gasteiger partial charge in [0.25, 0.3) is 5.91 Å². The van der Waals surface area contributed by atoms with E-state index in [0.717, 1.165) is 25.8 Å². The zero-order valence-corrected chi connectivity index (χ0v) is 16.6. The summed E-state index contributed by atoms with van der Waals surface area (Å²) in [6, 6.07) is 5.25. The average molecular weight is 375 g/mol. The van der Waals surface area contributed by atoms with Crippen molar-refractivity contribution < 1.29 is 24.2 Å². The molecule has 1 saturated heterocycles. The van der Waals surface area contributed by atoms with Gasteiger partial charge in [0, 0.05) is 18.2 Å². The Labute approximate surface area is 160 Å². The lowest BCUT2D eigenvalue weighted by Gasteiger charge is -2.39. The van der Waals surface area contributed by atoms with Crippen molar-refractivity contribution in [2.24, 2.45) is 10.8 Å². The standard InChI is InChI=1S/C21H29NO5/c1-5-26-17-8-14(6-7-16(17)27-11-18(23)24)19(25)22-13-21(4)10-15(22)9-20(2,3)12-21/h6-8,15H,5,9-13H2,1-4H3,(H,23,24). The quantitative estimate of drug-likeness (QED) is 0.822. The average Bonchev–Trinajstić information content (AvgIpc) is 2.82. The summed E-state index contributed by atoms with van der Waals surface area (Å²) in [6.07, 6.45) is 3.21. The molecule has 27 heavy (non-hydrogen) atoms. The Balaban J connectivity index is 1.82. The number of rotatable bonds is 6. The maximum absolute atomic E-state index is 13.2. The molecule has 0 aromatic heterocycles. The summed E-state index contributed by atoms with van der Waals surface area (Å²) in [5.74, 6) is -0.313. The number of nitrogens with zero attached hydrogens (tertiary/aromatic N) is 1. The van der Waals surface area contributed by atoms with Gasteiger partial charge in [0.15, 0.2) is 18.1 Å². The van der Waals surface area contributed by atoms with Gasteiger partial charge in [-0.3, -0.25) is 4.79 Å². The predicted molar refractivity (Wildman–Crippen MR) is 101 cm³/mol. The van der Waals surface area contributed by atoms with Gasteiger partial charge in [0.05, 0.1) is 6.61 Å². The van der Waals surface area contributed by atoms with E-state index < -0.39 is 12.6 Å². The monoisotopic (exact) mass is 375 g/mol. The van der Waals surface area contributed by atoms with Crippen molar-refractivity contribution in [1.29, 1.82) is 0 Å². The van der Waals surface area contributed by atoms with Crippen LogP contribution in [0.5, 0.6) is 11.5 Å². The number of carbonyl (C=O) groups excluding carboxylic acids is 1. The lowest BCUT2D eigenvalue weighted by molar-refractivity contribution is -0.139. The van der Waals surface area contributed by atoms with Crippen molar-refractivity contribution in [2.75, 3.05) is 19.8 Å². The Hall–Kier alpha value is -2.24. The summed E-state index contributed by atoms with van der Waals surface area (Å²) in [6.45, 7) is 9.42. The molecular formula is C21H29NO5. The number of carbonyl (C=O) groups is 2. The summed E-state index contributed by atoms with van der Waals surface area (Å²) >= 11 is 0. The van der Waals surface area contributed by atoms with Crippen LogP contribution in [-0.2, 0) is 4.79 Å². The minimum absolute atomic E-state index is 0.00663. The highest BCUT2D eigenvalue weighted by molar-refractivity contribution is 5.95. The number of ether oxygens (including phenoxy) is 2. The molecule has 6 heteroatoms. The van der Waals surface area contributed by atoms with E-state index in [4.69, 9.17) is 14.6 Å². The highest BCUT2D eigenvalue weighted by Gasteiger charge is 2.51. The van der Waals surface area contributed by atoms with Gasteiger partial charge >= 0.3 is 5.97 Å². The molecule has 0 spiro atoms. The first-order valence-corrected chi connectivity index (χ1v) is 9.55. The van der Waals surface area contributed by atoms with Crippen LogP contribution in [0.3, 0.4) is 0 Å². The van der Waals surface area contributed by atoms with Crippen LogP contribution in [0.1, 0.15) is 57.3 Å². The molecule has 3 rings (SSSR count). The molecule has 1 aliphatic heterocycles. The molecule has 2 aliphatic rings. The van der Waals surface area contributed by atoms with Crippen molar-refractivity contribution in [2.45, 2.75) is 53.0 Å². The van der Waals surface area contributed by atoms with Crippen LogP contribution in [-0.4, -0.2) is 47.7 Å². The fourth-order valence-corrected chi connectivity index (χ4v) is 5.03. The van der Waals surface area contributed by atoms with Gasteiger partial charge in [-0.15, -0.1) is 0 Å². The van der Waals surface area contributed by atoms with Gasteiger partial charge in [-0.25, -0.2) is 4.79 Å². The van der Waals surface area contributed by atoms with Gasteiger partial charge in [-0.05, 0) is 55.2 Å². The summed E-state index contributed by atoms with van der Waals surface area (Å²) < 4.78 is 10.8. The molecule has 2 fully saturated rings. The van der Waals surface area contributed by atoms with Gasteiger partial charge in [-0.1, -0.05) is 20.8 Å². The number of hydrogen-bond acceptors (Lipinski definition) is 4. The van der Waals surface area contributed by atoms with E-state index in [1.807, 2.05) is 11.8 Å². The third-order valence-electron chi connectivity index (χ3n) is 5.52. The second kappa shape index (κ2) is 7.06. The zero-order chi connectivity index (χ0) is 19.8. The Bertz CT molecular complexity index is 744. The van der Waals surface area contributed by atoms with Crippen LogP contribution in [0.4, 0.5) is 0 Å². The van der Waals surface area contributed by atoms with Crippen LogP contribution >= 0.6 is 0 Å². The Morgan fingerprint density at radius 1 is 1.19 bits per heavy atom. The molecule has 1 aliphatic carbocycles. The number of carboxylic acids is 1. The SMILES string of the molecule is CCOc1cc(C(=O)N2CC3(C)CC2CC(C)(C)C3)ccc1OCC(=O)O. The maximum atomic E-state index is 13.2. The van der Waals surface area contributed by atoms with Gasteiger partial charge < -0.3 is 19.5 Å². The minimum atomic E-state index is -1.06. The molecule has 1 saturated carbocycles. The highest BCUT2D eigenvalue weighted by Crippen LogP contribution is 2.52. The summed E-state index contributed by atoms with van der Waals surface area (Å²) in [5.41, 5.74) is 0.975. The predicted octanol–water partition coefficient (Wildman–Crippen LogP) is 3.59. The molecule has 148 valence electrons. The number of fused-ring (bicyclic) bond motifs is 2. The molecule has 6 nitrogen and oxygen atoms in total. The first-order chi connectivity index (χ1) is 12.6. The number of hydrogen-bond donors (Lipinski definition) is 1. The van der Waals surface area contributed by atoms with Crippen molar-refractivity contribution in [3.05, 3.63) is 23.8 Å². The second-order valence-corrected chi connectivity index (χ2v) is 8.92. The van der Waals surface area contributed by atoms with Gasteiger partial charge in [-0.2, -0.15) is 0 Å². The van der Waals surface area contributed by atoms with Crippen molar-refractivity contribution in [1.82, 2.24) is 4.90 Å². The molecule has 1 amide bonds. The highest BCUT2D eigenvalue weighted by atomic mass is 16.5. The number of aliphatic carboxylic acids is 1. The molecule has 2 bridgehead atoms. The second-order valence-electron chi connectivity index (χ2n) is 8.92. The third kappa shape index (κ3) is 4.20. The van der Waals surface area contributed by atoms with Crippen LogP contribution in [0, 0.1) is 10.8 Å². The molecule has 1 N–H and O–H groups in total. The van der Waals surface area contributed by atoms with E-state index in [1.165, 1.54) is 0 Å². The van der Waals surface area contributed by atoms with Gasteiger partial charge in [0.1, 0.15) is 0 Å². The molecule has 1 heterocycles. The fraction of sp³-hybridized carbons (Fsp3) is 0.619. The zero-order valence-electron chi connectivity index (χ0n) is 16.6. The molecule has 1 aromatic carbocycles. The largest absolute Gasteiger partial charge is 0.490 e. The van der Waals surface area contributed by atoms with Crippen molar-refractivity contribution in [3.8, 4) is 11.5 Å². The Morgan fingerprint density at radius 2 is 1.93 bits per heavy atom. The van der Waals surface area contributed by atoms with Crippen LogP contribution in [0.25, 0.3) is 0 Å². The third-order valence-corrected chi connectivity index (χ3v) is 5.52. The van der Waals surface area contributed by atoms with E-state index in [9.17, 15) is 9.59 Å². The van der Waals surface area contributed by atoms with E-state index in [-0.39, 0.29) is 22.8 Å². The summed E-state index contributed by atoms with van der Waals surface area (Å²) in [5, 5.41) is 8.81. The maximum Gasteiger partial charge on any atom is 0.341 e. The van der Waals surface area contributed by atoms with Crippen molar-refractivity contribution in [3.63, 3.8) is 0 Å². The molecule has 2 unspecified atom stereocenters. The van der Waals surface area contributed by atoms with E-state index in [1.54, 1.807) is 18.2 Å². The molecule has 1 aromatic rings. The number of carboxylic acid groups (broad SMARTS) is 1. The smallest absolute Gasteiger partial charge is 0.341 e. The van der Waals surface area contributed by atoms with E-state index in [2.05, 4.69) is 20.8 Å². The molecular weight excluding hydrogens is 346 g/mol. The van der Waals surface area contributed by atoms with Crippen LogP contribution in [0.15, 0.2) is 18.2 Å². The normalized spacial score (nSPS) is 25.9. The molecule has 0 radical (unpaired) electrons. The number of benzene rings is 1. The van der Waals surface area contributed by atoms with E-state index in [0.29, 0.717) is 23.7 Å². The van der Waals surface area contributed by atoms with Gasteiger partial charge in [0.2, 0.25) is 0 Å². The number of likely N-dealkylation sites (tertiary alicyclic amines) is 1. The topological polar surface area (TPSA) is 76.1 Å². The van der Waals surface area contributed by atoms with E-state index >= 15 is 0 Å². The molecule has 2 atom stereocenters. The van der Waals surface area contributed by atoms with Crippen molar-refractivity contribution >= 4 is 11.9 Å². The fourth-order valence-electron chi connectivity index (χ4n) is 5.03. The Kier molecular flexibility index (Phi) is 5.10. The van der Waals surface area contributed by atoms with Crippen LogP contribution in [0.2, 0.25) is 0 Å². The number of amides is 1. The summed E-state index contributed by atoms with van der Waals surface area (Å²) in [4.78, 5) is 26.0. The minimum Gasteiger partial charge on any atom is -0.490 e. The first-order valence-electron chi connectivity index (χ1n) is 9.55. The Morgan fingerprint density at radius 3 is 2.59 bits per heavy atom. The lowest BCUT2D eigenvalue weighted by atomic mass is 9.65. The first kappa shape index (κ1) is 19.5.